The molecule has 2 aliphatic rings. The van der Waals surface area contributed by atoms with E-state index in [0.29, 0.717) is 0 Å². The zero-order valence-electron chi connectivity index (χ0n) is 14.2. The maximum Gasteiger partial charge on any atom is 0.231 e. The summed E-state index contributed by atoms with van der Waals surface area (Å²) in [6.45, 7) is 5.08. The van der Waals surface area contributed by atoms with Gasteiger partial charge >= 0.3 is 0 Å². The standard InChI is InChI=1S/C21H24N2O/c1-16-6-8-17(9-7-16)15-23-12-10-21(11-13-23)14-18-4-2-3-5-19(18)22-20(21)24/h2-9H,10-15H2,1H3,(H,22,24). The molecule has 124 valence electrons. The zero-order valence-corrected chi connectivity index (χ0v) is 14.2. The van der Waals surface area contributed by atoms with E-state index in [1.54, 1.807) is 0 Å². The van der Waals surface area contributed by atoms with Crippen molar-refractivity contribution in [3.63, 3.8) is 0 Å². The largest absolute Gasteiger partial charge is 0.325 e. The van der Waals surface area contributed by atoms with Crippen molar-refractivity contribution in [1.29, 1.82) is 0 Å². The molecule has 1 N–H and O–H groups in total. The predicted molar refractivity (Wildman–Crippen MR) is 96.9 cm³/mol. The molecule has 24 heavy (non-hydrogen) atoms. The number of likely N-dealkylation sites (tertiary alicyclic amines) is 1. The number of benzene rings is 2. The van der Waals surface area contributed by atoms with Crippen molar-refractivity contribution in [2.45, 2.75) is 32.7 Å². The molecule has 0 aliphatic carbocycles. The Morgan fingerprint density at radius 3 is 2.50 bits per heavy atom. The first-order chi connectivity index (χ1) is 11.6. The second kappa shape index (κ2) is 6.06. The van der Waals surface area contributed by atoms with E-state index in [1.807, 2.05) is 12.1 Å². The Hall–Kier alpha value is -2.13. The first kappa shape index (κ1) is 15.4. The number of para-hydroxylation sites is 1. The maximum absolute atomic E-state index is 12.7. The number of fused-ring (bicyclic) bond motifs is 1. The minimum Gasteiger partial charge on any atom is -0.325 e. The molecule has 2 aromatic rings. The average Bonchev–Trinajstić information content (AvgIpc) is 2.60. The van der Waals surface area contributed by atoms with Gasteiger partial charge in [0, 0.05) is 12.2 Å². The van der Waals surface area contributed by atoms with Gasteiger partial charge in [-0.2, -0.15) is 0 Å². The smallest absolute Gasteiger partial charge is 0.231 e. The molecule has 0 atom stereocenters. The lowest BCUT2D eigenvalue weighted by Crippen LogP contribution is -2.49. The van der Waals surface area contributed by atoms with Gasteiger partial charge in [-0.15, -0.1) is 0 Å². The number of amides is 1. The fourth-order valence-corrected chi connectivity index (χ4v) is 3.99. The number of rotatable bonds is 2. The van der Waals surface area contributed by atoms with Gasteiger partial charge in [0.05, 0.1) is 5.41 Å². The highest BCUT2D eigenvalue weighted by atomic mass is 16.2. The zero-order chi connectivity index (χ0) is 16.6. The molecule has 2 heterocycles. The van der Waals surface area contributed by atoms with Crippen LogP contribution in [0.3, 0.4) is 0 Å². The number of carbonyl (C=O) groups is 1. The molecule has 0 aromatic heterocycles. The number of nitrogens with zero attached hydrogens (tertiary/aromatic N) is 1. The van der Waals surface area contributed by atoms with Gasteiger partial charge in [-0.1, -0.05) is 48.0 Å². The average molecular weight is 320 g/mol. The maximum atomic E-state index is 12.7. The number of hydrogen-bond acceptors (Lipinski definition) is 2. The molecule has 0 radical (unpaired) electrons. The Kier molecular flexibility index (Phi) is 3.89. The van der Waals surface area contributed by atoms with Crippen LogP contribution in [-0.2, 0) is 17.8 Å². The van der Waals surface area contributed by atoms with Gasteiger partial charge in [0.2, 0.25) is 5.91 Å². The van der Waals surface area contributed by atoms with E-state index in [2.05, 4.69) is 53.5 Å². The minimum absolute atomic E-state index is 0.210. The Labute approximate surface area is 143 Å². The van der Waals surface area contributed by atoms with Gasteiger partial charge in [-0.05, 0) is 56.5 Å². The van der Waals surface area contributed by atoms with Gasteiger partial charge in [-0.25, -0.2) is 0 Å². The summed E-state index contributed by atoms with van der Waals surface area (Å²) >= 11 is 0. The summed E-state index contributed by atoms with van der Waals surface area (Å²) in [5.74, 6) is 0.219. The van der Waals surface area contributed by atoms with Crippen LogP contribution in [-0.4, -0.2) is 23.9 Å². The van der Waals surface area contributed by atoms with Gasteiger partial charge in [0.15, 0.2) is 0 Å². The topological polar surface area (TPSA) is 32.3 Å². The summed E-state index contributed by atoms with van der Waals surface area (Å²) < 4.78 is 0. The van der Waals surface area contributed by atoms with E-state index in [0.717, 1.165) is 44.6 Å². The molecule has 0 saturated carbocycles. The Bertz CT molecular complexity index is 743. The van der Waals surface area contributed by atoms with E-state index >= 15 is 0 Å². The molecule has 2 aliphatic heterocycles. The summed E-state index contributed by atoms with van der Waals surface area (Å²) in [4.78, 5) is 15.2. The highest BCUT2D eigenvalue weighted by molar-refractivity contribution is 5.98. The van der Waals surface area contributed by atoms with Gasteiger partial charge < -0.3 is 5.32 Å². The normalized spacial score (nSPS) is 19.8. The summed E-state index contributed by atoms with van der Waals surface area (Å²) in [7, 11) is 0. The second-order valence-electron chi connectivity index (χ2n) is 7.33. The lowest BCUT2D eigenvalue weighted by atomic mass is 9.71. The van der Waals surface area contributed by atoms with Crippen LogP contribution in [0.25, 0.3) is 0 Å². The van der Waals surface area contributed by atoms with Gasteiger partial charge in [-0.3, -0.25) is 9.69 Å². The molecular weight excluding hydrogens is 296 g/mol. The fraction of sp³-hybridized carbons (Fsp3) is 0.381. The molecule has 1 saturated heterocycles. The monoisotopic (exact) mass is 320 g/mol. The summed E-state index contributed by atoms with van der Waals surface area (Å²) in [5, 5.41) is 3.13. The van der Waals surface area contributed by atoms with E-state index in [-0.39, 0.29) is 11.3 Å². The lowest BCUT2D eigenvalue weighted by molar-refractivity contribution is -0.129. The van der Waals surface area contributed by atoms with Crippen LogP contribution >= 0.6 is 0 Å². The van der Waals surface area contributed by atoms with Crippen LogP contribution in [0.2, 0.25) is 0 Å². The van der Waals surface area contributed by atoms with Crippen molar-refractivity contribution >= 4 is 11.6 Å². The third kappa shape index (κ3) is 2.84. The lowest BCUT2D eigenvalue weighted by Gasteiger charge is -2.43. The Balaban J connectivity index is 1.44. The minimum atomic E-state index is -0.210. The molecule has 3 nitrogen and oxygen atoms in total. The first-order valence-electron chi connectivity index (χ1n) is 8.82. The van der Waals surface area contributed by atoms with Crippen molar-refractivity contribution in [2.75, 3.05) is 18.4 Å². The number of anilines is 1. The van der Waals surface area contributed by atoms with Crippen LogP contribution < -0.4 is 5.32 Å². The van der Waals surface area contributed by atoms with Crippen LogP contribution in [0, 0.1) is 12.3 Å². The third-order valence-corrected chi connectivity index (χ3v) is 5.62. The van der Waals surface area contributed by atoms with Crippen molar-refractivity contribution in [3.8, 4) is 0 Å². The van der Waals surface area contributed by atoms with Crippen LogP contribution in [0.15, 0.2) is 48.5 Å². The highest BCUT2D eigenvalue weighted by Crippen LogP contribution is 2.41. The van der Waals surface area contributed by atoms with Gasteiger partial charge in [0.25, 0.3) is 0 Å². The molecule has 1 spiro atoms. The summed E-state index contributed by atoms with van der Waals surface area (Å²) in [5.41, 5.74) is 4.72. The SMILES string of the molecule is Cc1ccc(CN2CCC3(CC2)Cc2ccccc2NC3=O)cc1. The molecule has 0 unspecified atom stereocenters. The predicted octanol–water partition coefficient (Wildman–Crippen LogP) is 3.77. The molecule has 3 heteroatoms. The van der Waals surface area contributed by atoms with Crippen LogP contribution in [0.5, 0.6) is 0 Å². The van der Waals surface area contributed by atoms with Crippen molar-refractivity contribution < 1.29 is 4.79 Å². The van der Waals surface area contributed by atoms with E-state index in [9.17, 15) is 4.79 Å². The Morgan fingerprint density at radius 1 is 1.04 bits per heavy atom. The fourth-order valence-electron chi connectivity index (χ4n) is 3.99. The highest BCUT2D eigenvalue weighted by Gasteiger charge is 2.44. The third-order valence-electron chi connectivity index (χ3n) is 5.62. The molecule has 2 aromatic carbocycles. The van der Waals surface area contributed by atoms with E-state index in [4.69, 9.17) is 0 Å². The molecule has 1 fully saturated rings. The molecular formula is C21H24N2O. The summed E-state index contributed by atoms with van der Waals surface area (Å²) in [6, 6.07) is 17.0. The van der Waals surface area contributed by atoms with Crippen LogP contribution in [0.4, 0.5) is 5.69 Å². The molecule has 0 bridgehead atoms. The first-order valence-corrected chi connectivity index (χ1v) is 8.82. The second-order valence-corrected chi connectivity index (χ2v) is 7.33. The number of aryl methyl sites for hydroxylation is 1. The van der Waals surface area contributed by atoms with E-state index in [1.165, 1.54) is 16.7 Å². The van der Waals surface area contributed by atoms with Crippen molar-refractivity contribution in [2.24, 2.45) is 5.41 Å². The molecule has 1 amide bonds. The number of nitrogens with one attached hydrogen (secondary N) is 1. The molecule has 4 rings (SSSR count). The van der Waals surface area contributed by atoms with Crippen LogP contribution in [0.1, 0.15) is 29.5 Å². The quantitative estimate of drug-likeness (QED) is 0.913. The van der Waals surface area contributed by atoms with Gasteiger partial charge in [0.1, 0.15) is 0 Å². The number of carbonyl (C=O) groups excluding carboxylic acids is 1. The Morgan fingerprint density at radius 2 is 1.75 bits per heavy atom. The van der Waals surface area contributed by atoms with E-state index < -0.39 is 0 Å². The number of piperidine rings is 1. The van der Waals surface area contributed by atoms with Crippen molar-refractivity contribution in [1.82, 2.24) is 4.90 Å². The van der Waals surface area contributed by atoms with Crippen molar-refractivity contribution in [3.05, 3.63) is 65.2 Å². The number of hydrogen-bond donors (Lipinski definition) is 1. The summed E-state index contributed by atoms with van der Waals surface area (Å²) in [6.07, 6.45) is 2.77.